The van der Waals surface area contributed by atoms with Gasteiger partial charge in [-0.3, -0.25) is 14.6 Å². The quantitative estimate of drug-likeness (QED) is 0.500. The zero-order valence-electron chi connectivity index (χ0n) is 16.9. The molecule has 4 rings (SSSR count). The summed E-state index contributed by atoms with van der Waals surface area (Å²) in [4.78, 5) is 28.6. The third-order valence-corrected chi connectivity index (χ3v) is 5.24. The Labute approximate surface area is 174 Å². The van der Waals surface area contributed by atoms with Gasteiger partial charge in [0.25, 0.3) is 5.91 Å². The summed E-state index contributed by atoms with van der Waals surface area (Å²) in [5.41, 5.74) is 4.57. The highest BCUT2D eigenvalue weighted by atomic mass is 16.4. The number of fused-ring (bicyclic) bond motifs is 2. The fourth-order valence-electron chi connectivity index (χ4n) is 3.32. The van der Waals surface area contributed by atoms with Crippen molar-refractivity contribution in [1.82, 2.24) is 4.98 Å². The number of pyridine rings is 1. The highest BCUT2D eigenvalue weighted by molar-refractivity contribution is 6.12. The Morgan fingerprint density at radius 1 is 0.967 bits per heavy atom. The van der Waals surface area contributed by atoms with E-state index in [9.17, 15) is 14.7 Å². The molecule has 7 nitrogen and oxygen atoms in total. The number of hydrogen-bond acceptors (Lipinski definition) is 5. The molecule has 152 valence electrons. The average Bonchev–Trinajstić information content (AvgIpc) is 2.82. The minimum absolute atomic E-state index is 0.257. The largest absolute Gasteiger partial charge is 0.481 e. The summed E-state index contributed by atoms with van der Waals surface area (Å²) in [5.74, 6) is -1.19. The van der Waals surface area contributed by atoms with Gasteiger partial charge in [-0.05, 0) is 68.8 Å². The predicted molar refractivity (Wildman–Crippen MR) is 117 cm³/mol. The van der Waals surface area contributed by atoms with Gasteiger partial charge in [0.15, 0.2) is 0 Å². The van der Waals surface area contributed by atoms with E-state index in [-0.39, 0.29) is 5.91 Å². The van der Waals surface area contributed by atoms with Gasteiger partial charge < -0.3 is 21.1 Å². The topological polar surface area (TPSA) is 103 Å². The fourth-order valence-corrected chi connectivity index (χ4v) is 3.32. The number of nitrogens with one attached hydrogen (secondary N) is 3. The standard InChI is InChI=1S/C23H22N4O3/c1-13-10-16(8-9-24-13)25-15-5-6-17-19(12-15)26-18-7-4-14(23(2,3)22(29)30)11-20(18)27-21(17)28/h4-12,26H,1-3H3,(H,24,25)(H,27,28)(H,29,30). The number of anilines is 5. The second-order valence-corrected chi connectivity index (χ2v) is 7.84. The van der Waals surface area contributed by atoms with Crippen LogP contribution in [0.3, 0.4) is 0 Å². The number of aryl methyl sites for hydroxylation is 1. The lowest BCUT2D eigenvalue weighted by Crippen LogP contribution is -2.28. The smallest absolute Gasteiger partial charge is 0.313 e. The molecule has 0 fully saturated rings. The summed E-state index contributed by atoms with van der Waals surface area (Å²) in [5, 5.41) is 19.0. The average molecular weight is 402 g/mol. The number of benzene rings is 2. The molecule has 1 amide bonds. The maximum absolute atomic E-state index is 12.8. The molecule has 1 aliphatic rings. The molecule has 0 spiro atoms. The Hall–Kier alpha value is -3.87. The van der Waals surface area contributed by atoms with Gasteiger partial charge in [-0.25, -0.2) is 0 Å². The van der Waals surface area contributed by atoms with Gasteiger partial charge >= 0.3 is 5.97 Å². The Bertz CT molecular complexity index is 1170. The predicted octanol–water partition coefficient (Wildman–Crippen LogP) is 4.81. The van der Waals surface area contributed by atoms with Gasteiger partial charge in [0, 0.05) is 23.3 Å². The van der Waals surface area contributed by atoms with E-state index < -0.39 is 11.4 Å². The minimum atomic E-state index is -1.07. The van der Waals surface area contributed by atoms with E-state index in [1.54, 1.807) is 44.3 Å². The first-order valence-electron chi connectivity index (χ1n) is 9.54. The van der Waals surface area contributed by atoms with Gasteiger partial charge in [-0.1, -0.05) is 6.07 Å². The van der Waals surface area contributed by atoms with Crippen LogP contribution in [0.5, 0.6) is 0 Å². The van der Waals surface area contributed by atoms with Crippen LogP contribution in [-0.4, -0.2) is 22.0 Å². The molecule has 0 radical (unpaired) electrons. The summed E-state index contributed by atoms with van der Waals surface area (Å²) >= 11 is 0. The number of carboxylic acids is 1. The van der Waals surface area contributed by atoms with E-state index in [1.807, 2.05) is 31.2 Å². The molecule has 4 N–H and O–H groups in total. The Balaban J connectivity index is 1.68. The van der Waals surface area contributed by atoms with Gasteiger partial charge in [0.1, 0.15) is 0 Å². The number of nitrogens with zero attached hydrogens (tertiary/aromatic N) is 1. The summed E-state index contributed by atoms with van der Waals surface area (Å²) in [6, 6.07) is 14.5. The molecule has 0 aliphatic carbocycles. The summed E-state index contributed by atoms with van der Waals surface area (Å²) < 4.78 is 0. The number of rotatable bonds is 4. The number of aliphatic carboxylic acids is 1. The van der Waals surface area contributed by atoms with Crippen molar-refractivity contribution < 1.29 is 14.7 Å². The van der Waals surface area contributed by atoms with Crippen molar-refractivity contribution in [3.63, 3.8) is 0 Å². The van der Waals surface area contributed by atoms with Crippen LogP contribution < -0.4 is 16.0 Å². The monoisotopic (exact) mass is 402 g/mol. The second kappa shape index (κ2) is 7.18. The highest BCUT2D eigenvalue weighted by Crippen LogP contribution is 2.37. The van der Waals surface area contributed by atoms with Crippen molar-refractivity contribution in [3.05, 3.63) is 71.5 Å². The first-order valence-corrected chi connectivity index (χ1v) is 9.54. The first-order chi connectivity index (χ1) is 14.2. The van der Waals surface area contributed by atoms with Crippen LogP contribution in [0, 0.1) is 6.92 Å². The molecular formula is C23H22N4O3. The van der Waals surface area contributed by atoms with Gasteiger partial charge in [0.2, 0.25) is 0 Å². The summed E-state index contributed by atoms with van der Waals surface area (Å²) in [6.45, 7) is 5.19. The van der Waals surface area contributed by atoms with E-state index in [2.05, 4.69) is 20.9 Å². The number of carboxylic acid groups (broad SMARTS) is 1. The first kappa shape index (κ1) is 19.4. The third-order valence-electron chi connectivity index (χ3n) is 5.24. The molecule has 0 unspecified atom stereocenters. The molecule has 1 aliphatic heterocycles. The lowest BCUT2D eigenvalue weighted by Gasteiger charge is -2.21. The maximum Gasteiger partial charge on any atom is 0.313 e. The van der Waals surface area contributed by atoms with E-state index >= 15 is 0 Å². The third kappa shape index (κ3) is 3.57. The molecule has 0 saturated heterocycles. The lowest BCUT2D eigenvalue weighted by molar-refractivity contribution is -0.142. The molecule has 0 saturated carbocycles. The molecular weight excluding hydrogens is 380 g/mol. The minimum Gasteiger partial charge on any atom is -0.481 e. The molecule has 2 aromatic carbocycles. The maximum atomic E-state index is 12.8. The number of hydrogen-bond donors (Lipinski definition) is 4. The Kier molecular flexibility index (Phi) is 4.66. The van der Waals surface area contributed by atoms with Crippen LogP contribution in [0.25, 0.3) is 0 Å². The SMILES string of the molecule is Cc1cc(Nc2ccc3c(c2)Nc2ccc(C(C)(C)C(=O)O)cc2NC3=O)ccn1. The van der Waals surface area contributed by atoms with Gasteiger partial charge in [-0.2, -0.15) is 0 Å². The van der Waals surface area contributed by atoms with Crippen LogP contribution in [0.4, 0.5) is 28.4 Å². The van der Waals surface area contributed by atoms with Crippen molar-refractivity contribution >= 4 is 40.3 Å². The molecule has 30 heavy (non-hydrogen) atoms. The number of carbonyl (C=O) groups excluding carboxylic acids is 1. The fraction of sp³-hybridized carbons (Fsp3) is 0.174. The zero-order chi connectivity index (χ0) is 21.5. The van der Waals surface area contributed by atoms with Crippen molar-refractivity contribution in [3.8, 4) is 0 Å². The zero-order valence-corrected chi connectivity index (χ0v) is 16.9. The lowest BCUT2D eigenvalue weighted by atomic mass is 9.84. The Morgan fingerprint density at radius 2 is 1.73 bits per heavy atom. The van der Waals surface area contributed by atoms with Crippen molar-refractivity contribution in [1.29, 1.82) is 0 Å². The summed E-state index contributed by atoms with van der Waals surface area (Å²) in [7, 11) is 0. The Morgan fingerprint density at radius 3 is 2.47 bits per heavy atom. The molecule has 7 heteroatoms. The second-order valence-electron chi connectivity index (χ2n) is 7.84. The molecule has 0 atom stereocenters. The number of amides is 1. The van der Waals surface area contributed by atoms with Gasteiger partial charge in [0.05, 0.1) is 28.0 Å². The highest BCUT2D eigenvalue weighted by Gasteiger charge is 2.31. The summed E-state index contributed by atoms with van der Waals surface area (Å²) in [6.07, 6.45) is 1.74. The van der Waals surface area contributed by atoms with E-state index in [1.165, 1.54) is 0 Å². The van der Waals surface area contributed by atoms with Crippen LogP contribution >= 0.6 is 0 Å². The van der Waals surface area contributed by atoms with Gasteiger partial charge in [-0.15, -0.1) is 0 Å². The molecule has 1 aromatic heterocycles. The van der Waals surface area contributed by atoms with Crippen LogP contribution in [0.15, 0.2) is 54.7 Å². The molecule has 2 heterocycles. The van der Waals surface area contributed by atoms with Crippen molar-refractivity contribution in [2.45, 2.75) is 26.2 Å². The van der Waals surface area contributed by atoms with Crippen LogP contribution in [0.2, 0.25) is 0 Å². The normalized spacial score (nSPS) is 12.7. The van der Waals surface area contributed by atoms with Crippen molar-refractivity contribution in [2.24, 2.45) is 0 Å². The van der Waals surface area contributed by atoms with E-state index in [0.29, 0.717) is 28.2 Å². The van der Waals surface area contributed by atoms with E-state index in [0.717, 1.165) is 17.1 Å². The number of aromatic nitrogens is 1. The van der Waals surface area contributed by atoms with Crippen molar-refractivity contribution in [2.75, 3.05) is 16.0 Å². The molecule has 3 aromatic rings. The van der Waals surface area contributed by atoms with E-state index in [4.69, 9.17) is 0 Å². The number of carbonyl (C=O) groups is 2. The van der Waals surface area contributed by atoms with Crippen LogP contribution in [0.1, 0.15) is 35.5 Å². The van der Waals surface area contributed by atoms with Crippen LogP contribution in [-0.2, 0) is 10.2 Å². The molecule has 0 bridgehead atoms.